The van der Waals surface area contributed by atoms with E-state index in [0.717, 1.165) is 16.3 Å². The van der Waals surface area contributed by atoms with Gasteiger partial charge >= 0.3 is 19.4 Å². The molecule has 1 saturated heterocycles. The first kappa shape index (κ1) is 24.8. The standard InChI is InChI=1S/C16H26FN4O7PS/c1-8(14(23)28-16(2,3)4)20-29(25,26)27-7-9-12(22)11(17)13(30-9)21-6-5-10(18)19-15(21)24/h5-6,8-9,11-13,22H,7H2,1-4H3,(H2,18,19,24)(H2,20,25,26)/t8?,9-,11+,12-,13-/m1/s1. The number of aliphatic hydroxyl groups excluding tert-OH is 1. The summed E-state index contributed by atoms with van der Waals surface area (Å²) in [6, 6.07) is 0.164. The number of nitrogens with zero attached hydrogens (tertiary/aromatic N) is 2. The molecule has 2 unspecified atom stereocenters. The Morgan fingerprint density at radius 1 is 1.53 bits per heavy atom. The Morgan fingerprint density at radius 2 is 2.17 bits per heavy atom. The third kappa shape index (κ3) is 6.50. The summed E-state index contributed by atoms with van der Waals surface area (Å²) in [5.74, 6) is -0.781. The quantitative estimate of drug-likeness (QED) is 0.326. The molecule has 5 N–H and O–H groups in total. The number of nitrogens with two attached hydrogens (primary N) is 1. The average molecular weight is 468 g/mol. The molecule has 2 rings (SSSR count). The van der Waals surface area contributed by atoms with Crippen LogP contribution in [0.4, 0.5) is 10.2 Å². The van der Waals surface area contributed by atoms with Crippen LogP contribution in [-0.2, 0) is 18.6 Å². The van der Waals surface area contributed by atoms with Crippen LogP contribution in [0, 0.1) is 0 Å². The molecule has 170 valence electrons. The molecule has 1 fully saturated rings. The molecule has 11 nitrogen and oxygen atoms in total. The van der Waals surface area contributed by atoms with Crippen LogP contribution in [0.1, 0.15) is 33.1 Å². The minimum absolute atomic E-state index is 0.0264. The summed E-state index contributed by atoms with van der Waals surface area (Å²) in [5.41, 5.74) is 3.85. The van der Waals surface area contributed by atoms with E-state index in [1.807, 2.05) is 0 Å². The molecule has 1 aromatic heterocycles. The maximum Gasteiger partial charge on any atom is 0.403 e. The fraction of sp³-hybridized carbons (Fsp3) is 0.688. The molecule has 0 aliphatic carbocycles. The fourth-order valence-corrected chi connectivity index (χ4v) is 5.14. The number of hydrogen-bond acceptors (Lipinski definition) is 9. The zero-order valence-corrected chi connectivity index (χ0v) is 18.6. The van der Waals surface area contributed by atoms with Crippen molar-refractivity contribution >= 4 is 31.3 Å². The van der Waals surface area contributed by atoms with E-state index >= 15 is 0 Å². The summed E-state index contributed by atoms with van der Waals surface area (Å²) in [6.07, 6.45) is -2.16. The Kier molecular flexibility index (Phi) is 7.70. The highest BCUT2D eigenvalue weighted by Gasteiger charge is 2.46. The number of aromatic nitrogens is 2. The van der Waals surface area contributed by atoms with Gasteiger partial charge < -0.3 is 20.5 Å². The molecule has 0 aromatic carbocycles. The van der Waals surface area contributed by atoms with E-state index in [9.17, 15) is 28.5 Å². The largest absolute Gasteiger partial charge is 0.459 e. The van der Waals surface area contributed by atoms with Gasteiger partial charge in [-0.2, -0.15) is 4.98 Å². The zero-order chi connectivity index (χ0) is 22.9. The van der Waals surface area contributed by atoms with Crippen molar-refractivity contribution in [2.75, 3.05) is 12.3 Å². The lowest BCUT2D eigenvalue weighted by molar-refractivity contribution is -0.156. The zero-order valence-electron chi connectivity index (χ0n) is 16.9. The second-order valence-electron chi connectivity index (χ2n) is 7.74. The van der Waals surface area contributed by atoms with E-state index in [1.165, 1.54) is 19.2 Å². The van der Waals surface area contributed by atoms with Gasteiger partial charge in [-0.25, -0.2) is 18.8 Å². The lowest BCUT2D eigenvalue weighted by Crippen LogP contribution is -2.38. The molecule has 1 aliphatic rings. The molecular formula is C16H26FN4O7PS. The molecule has 0 saturated carbocycles. The molecular weight excluding hydrogens is 442 g/mol. The predicted molar refractivity (Wildman–Crippen MR) is 108 cm³/mol. The molecule has 2 heterocycles. The van der Waals surface area contributed by atoms with Crippen molar-refractivity contribution in [3.63, 3.8) is 0 Å². The number of nitrogens with one attached hydrogen (secondary N) is 1. The minimum atomic E-state index is -4.47. The van der Waals surface area contributed by atoms with Crippen LogP contribution in [0.15, 0.2) is 17.1 Å². The summed E-state index contributed by atoms with van der Waals surface area (Å²) in [4.78, 5) is 37.3. The van der Waals surface area contributed by atoms with Crippen LogP contribution in [0.3, 0.4) is 0 Å². The maximum atomic E-state index is 14.5. The van der Waals surface area contributed by atoms with Gasteiger partial charge in [0.15, 0.2) is 6.17 Å². The van der Waals surface area contributed by atoms with Crippen LogP contribution in [0.5, 0.6) is 0 Å². The first-order chi connectivity index (χ1) is 13.7. The molecule has 1 aromatic rings. The van der Waals surface area contributed by atoms with Gasteiger partial charge in [-0.05, 0) is 33.8 Å². The van der Waals surface area contributed by atoms with E-state index in [2.05, 4.69) is 10.1 Å². The maximum absolute atomic E-state index is 14.5. The van der Waals surface area contributed by atoms with E-state index < -0.39 is 60.6 Å². The molecule has 30 heavy (non-hydrogen) atoms. The summed E-state index contributed by atoms with van der Waals surface area (Å²) in [5, 5.41) is 10.2. The topological polar surface area (TPSA) is 166 Å². The van der Waals surface area contributed by atoms with Gasteiger partial charge in [0.1, 0.15) is 28.9 Å². The molecule has 6 atom stereocenters. The summed E-state index contributed by atoms with van der Waals surface area (Å²) in [6.45, 7) is 5.76. The number of hydrogen-bond donors (Lipinski definition) is 4. The molecule has 0 bridgehead atoms. The predicted octanol–water partition coefficient (Wildman–Crippen LogP) is 0.575. The van der Waals surface area contributed by atoms with Crippen molar-refractivity contribution in [1.82, 2.24) is 14.6 Å². The van der Waals surface area contributed by atoms with Crippen LogP contribution in [0.25, 0.3) is 0 Å². The van der Waals surface area contributed by atoms with Crippen molar-refractivity contribution in [3.8, 4) is 0 Å². The monoisotopic (exact) mass is 468 g/mol. The Balaban J connectivity index is 1.98. The van der Waals surface area contributed by atoms with E-state index in [1.54, 1.807) is 20.8 Å². The summed E-state index contributed by atoms with van der Waals surface area (Å²) < 4.78 is 37.8. The number of nitrogen functional groups attached to an aromatic ring is 1. The van der Waals surface area contributed by atoms with Crippen molar-refractivity contribution in [3.05, 3.63) is 22.7 Å². The van der Waals surface area contributed by atoms with E-state index in [0.29, 0.717) is 0 Å². The van der Waals surface area contributed by atoms with Gasteiger partial charge in [-0.1, -0.05) is 0 Å². The lowest BCUT2D eigenvalue weighted by Gasteiger charge is -2.24. The number of rotatable bonds is 7. The Hall–Kier alpha value is -1.50. The Morgan fingerprint density at radius 3 is 2.73 bits per heavy atom. The van der Waals surface area contributed by atoms with Gasteiger partial charge in [-0.15, -0.1) is 11.8 Å². The highest BCUT2D eigenvalue weighted by Crippen LogP contribution is 2.46. The Labute approximate surface area is 176 Å². The van der Waals surface area contributed by atoms with Crippen molar-refractivity contribution in [1.29, 1.82) is 0 Å². The number of ether oxygens (including phenoxy) is 1. The molecule has 14 heteroatoms. The van der Waals surface area contributed by atoms with Gasteiger partial charge in [0.25, 0.3) is 0 Å². The molecule has 1 aliphatic heterocycles. The number of esters is 1. The smallest absolute Gasteiger partial charge is 0.403 e. The van der Waals surface area contributed by atoms with Crippen molar-refractivity contribution < 1.29 is 33.0 Å². The SMILES string of the molecule is CC(NP(=O)(O)OC[C@H]1S[C@@H](n2ccc(N)nc2=O)[C@@H](F)[C@@H]1O)C(=O)OC(C)(C)C. The first-order valence-electron chi connectivity index (χ1n) is 9.00. The van der Waals surface area contributed by atoms with Gasteiger partial charge in [0.05, 0.1) is 11.9 Å². The fourth-order valence-electron chi connectivity index (χ4n) is 2.58. The Bertz CT molecular complexity index is 880. The number of aliphatic hydroxyl groups is 1. The lowest BCUT2D eigenvalue weighted by atomic mass is 10.1. The first-order valence-corrected chi connectivity index (χ1v) is 11.5. The number of anilines is 1. The van der Waals surface area contributed by atoms with Crippen LogP contribution in [0.2, 0.25) is 0 Å². The van der Waals surface area contributed by atoms with Crippen molar-refractivity contribution in [2.24, 2.45) is 0 Å². The second-order valence-corrected chi connectivity index (χ2v) is 10.7. The number of alkyl halides is 1. The number of carbonyl (C=O) groups excluding carboxylic acids is 1. The molecule has 0 spiro atoms. The van der Waals surface area contributed by atoms with Crippen molar-refractivity contribution in [2.45, 2.75) is 62.2 Å². The highest BCUT2D eigenvalue weighted by atomic mass is 32.2. The van der Waals surface area contributed by atoms with Gasteiger partial charge in [0.2, 0.25) is 0 Å². The van der Waals surface area contributed by atoms with E-state index in [-0.39, 0.29) is 5.82 Å². The van der Waals surface area contributed by atoms with Gasteiger partial charge in [0, 0.05) is 6.20 Å². The average Bonchev–Trinajstić information content (AvgIpc) is 2.86. The minimum Gasteiger partial charge on any atom is -0.459 e. The number of thioether (sulfide) groups is 1. The summed E-state index contributed by atoms with van der Waals surface area (Å²) >= 11 is 0.854. The third-order valence-electron chi connectivity index (χ3n) is 3.95. The molecule has 0 radical (unpaired) electrons. The third-order valence-corrected chi connectivity index (χ3v) is 6.69. The van der Waals surface area contributed by atoms with E-state index in [4.69, 9.17) is 15.0 Å². The molecule has 0 amide bonds. The van der Waals surface area contributed by atoms with Crippen LogP contribution >= 0.6 is 19.5 Å². The highest BCUT2D eigenvalue weighted by molar-refractivity contribution is 8.00. The second kappa shape index (κ2) is 9.33. The summed E-state index contributed by atoms with van der Waals surface area (Å²) in [7, 11) is -4.47. The normalized spacial score (nSPS) is 27.4. The van der Waals surface area contributed by atoms with Crippen LogP contribution < -0.4 is 16.5 Å². The number of halogens is 1. The number of carbonyl (C=O) groups is 1. The van der Waals surface area contributed by atoms with Gasteiger partial charge in [-0.3, -0.25) is 13.9 Å². The van der Waals surface area contributed by atoms with Crippen LogP contribution in [-0.4, -0.2) is 61.3 Å².